The highest BCUT2D eigenvalue weighted by Gasteiger charge is 2.39. The molecule has 274 valence electrons. The Hall–Kier alpha value is -4.91. The van der Waals surface area contributed by atoms with Crippen LogP contribution in [0, 0.1) is 25.2 Å². The summed E-state index contributed by atoms with van der Waals surface area (Å²) in [7, 11) is 0. The number of pyridine rings is 1. The second kappa shape index (κ2) is 17.7. The minimum absolute atomic E-state index is 0.112. The lowest BCUT2D eigenvalue weighted by atomic mass is 9.89. The summed E-state index contributed by atoms with van der Waals surface area (Å²) in [6.07, 6.45) is 7.18. The lowest BCUT2D eigenvalue weighted by Crippen LogP contribution is -2.23. The Morgan fingerprint density at radius 3 is 2.32 bits per heavy atom. The van der Waals surface area contributed by atoms with E-state index in [0.717, 1.165) is 75.9 Å². The van der Waals surface area contributed by atoms with Gasteiger partial charge in [0.15, 0.2) is 0 Å². The van der Waals surface area contributed by atoms with Crippen LogP contribution in [0.25, 0.3) is 22.3 Å². The van der Waals surface area contributed by atoms with Crippen LogP contribution < -0.4 is 19.5 Å². The average molecular weight is 732 g/mol. The van der Waals surface area contributed by atoms with Crippen molar-refractivity contribution >= 4 is 11.6 Å². The highest BCUT2D eigenvalue weighted by molar-refractivity contribution is 6.32. The van der Waals surface area contributed by atoms with E-state index in [-0.39, 0.29) is 13.2 Å². The molecule has 1 aliphatic rings. The van der Waals surface area contributed by atoms with Gasteiger partial charge < -0.3 is 29.7 Å². The molecule has 1 heterocycles. The van der Waals surface area contributed by atoms with Crippen LogP contribution in [0.1, 0.15) is 59.1 Å². The first-order chi connectivity index (χ1) is 25.8. The highest BCUT2D eigenvalue weighted by atomic mass is 35.5. The molecule has 0 aliphatic heterocycles. The largest absolute Gasteiger partial charge is 0.492 e. The van der Waals surface area contributed by atoms with E-state index in [2.05, 4.69) is 78.7 Å². The number of hydrogen-bond acceptors (Lipinski definition) is 8. The number of nitriles is 1. The summed E-state index contributed by atoms with van der Waals surface area (Å²) in [5.74, 6) is 1.98. The Kier molecular flexibility index (Phi) is 12.7. The summed E-state index contributed by atoms with van der Waals surface area (Å²) in [6, 6.07) is 28.5. The molecular formula is C44H46ClN3O5. The molecule has 4 aromatic carbocycles. The SMILES string of the molecule is Cc1c(COc2cc(OCc3cncc(C#N)c3)c(CCCC3(O)CC3)cc2Cl)cccc1-c1cccc(-c2ccc(OCCNCCO)cc2)c1C. The fourth-order valence-corrected chi connectivity index (χ4v) is 6.75. The van der Waals surface area contributed by atoms with Crippen molar-refractivity contribution in [3.63, 3.8) is 0 Å². The maximum absolute atomic E-state index is 10.4. The third-order valence-corrected chi connectivity index (χ3v) is 10.1. The number of aliphatic hydroxyl groups excluding tert-OH is 1. The molecule has 0 unspecified atom stereocenters. The molecule has 1 aliphatic carbocycles. The standard InChI is InChI=1S/C44H46ClN3O5/c1-30-36(6-3-9-39(30)40-10-4-8-38(31(40)2)34-11-13-37(14-12-34)51-21-19-47-18-20-49)29-53-43-24-42(52-28-33-22-32(25-46)26-48-27-33)35(23-41(43)45)7-5-15-44(50)16-17-44/h3-4,6,8-14,22-24,26-27,47,49-50H,5,7,15-21,28-29H2,1-2H3. The number of ether oxygens (including phenoxy) is 3. The van der Waals surface area contributed by atoms with Crippen molar-refractivity contribution in [3.05, 3.63) is 130 Å². The summed E-state index contributed by atoms with van der Waals surface area (Å²) in [5.41, 5.74) is 9.59. The van der Waals surface area contributed by atoms with Crippen LogP contribution in [0.2, 0.25) is 5.02 Å². The quantitative estimate of drug-likeness (QED) is 0.0769. The number of benzene rings is 4. The Morgan fingerprint density at radius 1 is 0.830 bits per heavy atom. The van der Waals surface area contributed by atoms with Crippen LogP contribution in [-0.4, -0.2) is 47.1 Å². The van der Waals surface area contributed by atoms with Gasteiger partial charge in [0.25, 0.3) is 0 Å². The number of aryl methyl sites for hydroxylation is 1. The first-order valence-electron chi connectivity index (χ1n) is 18.1. The maximum Gasteiger partial charge on any atom is 0.142 e. The van der Waals surface area contributed by atoms with E-state index < -0.39 is 5.60 Å². The molecule has 1 saturated carbocycles. The number of nitrogens with one attached hydrogen (secondary N) is 1. The van der Waals surface area contributed by atoms with Gasteiger partial charge in [0.1, 0.15) is 43.1 Å². The van der Waals surface area contributed by atoms with E-state index in [0.29, 0.717) is 54.8 Å². The van der Waals surface area contributed by atoms with Crippen molar-refractivity contribution in [2.75, 3.05) is 26.3 Å². The summed E-state index contributed by atoms with van der Waals surface area (Å²) in [4.78, 5) is 4.16. The van der Waals surface area contributed by atoms with Gasteiger partial charge in [-0.05, 0) is 115 Å². The Balaban J connectivity index is 1.18. The summed E-state index contributed by atoms with van der Waals surface area (Å²) >= 11 is 6.83. The fourth-order valence-electron chi connectivity index (χ4n) is 6.51. The van der Waals surface area contributed by atoms with Gasteiger partial charge in [-0.15, -0.1) is 0 Å². The monoisotopic (exact) mass is 731 g/mol. The fraction of sp³-hybridized carbons (Fsp3) is 0.318. The first-order valence-corrected chi connectivity index (χ1v) is 18.5. The predicted molar refractivity (Wildman–Crippen MR) is 208 cm³/mol. The van der Waals surface area contributed by atoms with Crippen molar-refractivity contribution in [3.8, 4) is 45.6 Å². The van der Waals surface area contributed by atoms with Crippen LogP contribution in [0.4, 0.5) is 0 Å². The smallest absolute Gasteiger partial charge is 0.142 e. The molecule has 3 N–H and O–H groups in total. The summed E-state index contributed by atoms with van der Waals surface area (Å²) in [6.45, 7) is 6.70. The zero-order valence-electron chi connectivity index (χ0n) is 30.3. The zero-order valence-corrected chi connectivity index (χ0v) is 31.1. The van der Waals surface area contributed by atoms with Gasteiger partial charge in [-0.1, -0.05) is 60.1 Å². The normalized spacial score (nSPS) is 13.0. The van der Waals surface area contributed by atoms with Gasteiger partial charge in [0.2, 0.25) is 0 Å². The lowest BCUT2D eigenvalue weighted by Gasteiger charge is -2.18. The third-order valence-electron chi connectivity index (χ3n) is 9.80. The molecule has 1 fully saturated rings. The molecule has 1 aromatic heterocycles. The van der Waals surface area contributed by atoms with Crippen LogP contribution in [0.3, 0.4) is 0 Å². The zero-order chi connectivity index (χ0) is 37.2. The number of aliphatic hydroxyl groups is 2. The van der Waals surface area contributed by atoms with Crippen LogP contribution in [0.15, 0.2) is 91.3 Å². The second-order valence-corrected chi connectivity index (χ2v) is 14.1. The van der Waals surface area contributed by atoms with Crippen molar-refractivity contribution in [1.82, 2.24) is 10.3 Å². The lowest BCUT2D eigenvalue weighted by molar-refractivity contribution is 0.137. The van der Waals surface area contributed by atoms with E-state index in [1.807, 2.05) is 24.3 Å². The van der Waals surface area contributed by atoms with Gasteiger partial charge >= 0.3 is 0 Å². The van der Waals surface area contributed by atoms with Crippen LogP contribution in [0.5, 0.6) is 17.2 Å². The van der Waals surface area contributed by atoms with Crippen molar-refractivity contribution in [2.24, 2.45) is 0 Å². The average Bonchev–Trinajstić information content (AvgIpc) is 3.91. The van der Waals surface area contributed by atoms with Gasteiger partial charge in [-0.3, -0.25) is 4.98 Å². The van der Waals surface area contributed by atoms with E-state index in [9.17, 15) is 10.4 Å². The Bertz CT molecular complexity index is 2060. The predicted octanol–water partition coefficient (Wildman–Crippen LogP) is 8.52. The molecule has 0 radical (unpaired) electrons. The van der Waals surface area contributed by atoms with E-state index in [1.165, 1.54) is 11.8 Å². The molecular weight excluding hydrogens is 686 g/mol. The molecule has 9 heteroatoms. The minimum atomic E-state index is -0.524. The molecule has 0 spiro atoms. The molecule has 0 atom stereocenters. The van der Waals surface area contributed by atoms with Crippen molar-refractivity contribution in [2.45, 2.75) is 64.8 Å². The van der Waals surface area contributed by atoms with Crippen LogP contribution in [-0.2, 0) is 19.6 Å². The third kappa shape index (κ3) is 9.95. The van der Waals surface area contributed by atoms with E-state index >= 15 is 0 Å². The van der Waals surface area contributed by atoms with Gasteiger partial charge in [0, 0.05) is 37.1 Å². The number of nitrogens with zero attached hydrogens (tertiary/aromatic N) is 2. The molecule has 0 bridgehead atoms. The van der Waals surface area contributed by atoms with E-state index in [4.69, 9.17) is 30.9 Å². The molecule has 5 aromatic rings. The molecule has 53 heavy (non-hydrogen) atoms. The second-order valence-electron chi connectivity index (χ2n) is 13.7. The van der Waals surface area contributed by atoms with Crippen molar-refractivity contribution < 1.29 is 24.4 Å². The highest BCUT2D eigenvalue weighted by Crippen LogP contribution is 2.41. The molecule has 0 saturated heterocycles. The summed E-state index contributed by atoms with van der Waals surface area (Å²) in [5, 5.41) is 32.2. The van der Waals surface area contributed by atoms with Gasteiger partial charge in [-0.25, -0.2) is 0 Å². The number of hydrogen-bond donors (Lipinski definition) is 3. The molecule has 8 nitrogen and oxygen atoms in total. The minimum Gasteiger partial charge on any atom is -0.492 e. The van der Waals surface area contributed by atoms with Gasteiger partial charge in [0.05, 0.1) is 22.8 Å². The Morgan fingerprint density at radius 2 is 1.57 bits per heavy atom. The number of aromatic nitrogens is 1. The molecule has 0 amide bonds. The molecule has 6 rings (SSSR count). The number of halogens is 1. The first kappa shape index (κ1) is 37.8. The topological polar surface area (TPSA) is 117 Å². The van der Waals surface area contributed by atoms with Gasteiger partial charge in [-0.2, -0.15) is 5.26 Å². The van der Waals surface area contributed by atoms with E-state index in [1.54, 1.807) is 12.3 Å². The number of rotatable bonds is 18. The summed E-state index contributed by atoms with van der Waals surface area (Å²) < 4.78 is 18.5. The van der Waals surface area contributed by atoms with Crippen molar-refractivity contribution in [1.29, 1.82) is 5.26 Å². The maximum atomic E-state index is 10.4. The van der Waals surface area contributed by atoms with Crippen LogP contribution >= 0.6 is 11.6 Å². The Labute approximate surface area is 317 Å².